The van der Waals surface area contributed by atoms with E-state index in [9.17, 15) is 38.0 Å². The SMILES string of the molecule is CC(C)CC(C)(N)C(C)C.CC(C)CC(C)(O)C(C)C.CC(C)CC(C)C.CC(C)CC(CO)C(C)C.CC(C)CC(F)(F)C(C)C.CC(C)CC(N)C(C)C.CC(C)CC(O)(CO)C(C)C.CC(C)CC(O)C(C)C.CC(C)CC1(C(C)C)CC1.CC(C)CC1(C(C)C)CC1(F)F.CC(C)CCC(C)C.CC(C)CCC(O)(CO)CC(C)C.CC(C)CCCC(C)C.CNC(CC(C)C)C(C)C.[C-]#[N+]C(C)(CC(C)C)C(C)C. The van der Waals surface area contributed by atoms with Gasteiger partial charge in [-0.1, -0.05) is 448 Å². The number of nitrogens with two attached hydrogens (primary N) is 2. The van der Waals surface area contributed by atoms with E-state index in [1.54, 1.807) is 13.8 Å². The Labute approximate surface area is 938 Å². The van der Waals surface area contributed by atoms with Crippen LogP contribution in [0.15, 0.2) is 0 Å². The van der Waals surface area contributed by atoms with Crippen molar-refractivity contribution < 1.29 is 53.3 Å². The molecule has 0 amide bonds. The number of hydrogen-bond acceptors (Lipinski definition) is 10. The zero-order chi connectivity index (χ0) is 122. The van der Waals surface area contributed by atoms with Crippen LogP contribution in [-0.4, -0.2) is 121 Å². The first-order valence-electron chi connectivity index (χ1n) is 61.8. The lowest BCUT2D eigenvalue weighted by molar-refractivity contribution is -0.0653. The average Bonchev–Trinajstić information content (AvgIpc) is 1.55. The first-order valence-corrected chi connectivity index (χ1v) is 61.8. The summed E-state index contributed by atoms with van der Waals surface area (Å²) in [6, 6.07) is 1.09. The first kappa shape index (κ1) is 175. The molecule has 149 heavy (non-hydrogen) atoms. The van der Waals surface area contributed by atoms with Crippen LogP contribution in [0.1, 0.15) is 584 Å². The maximum absolute atomic E-state index is 13.1. The maximum atomic E-state index is 13.1. The number of aliphatic hydroxyl groups excluding tert-OH is 4. The fourth-order valence-electron chi connectivity index (χ4n) is 17.6. The third kappa shape index (κ3) is 113. The smallest absolute Gasteiger partial charge is 0.254 e. The highest BCUT2D eigenvalue weighted by molar-refractivity contribution is 5.11. The normalized spacial score (nSPS) is 17.0. The van der Waals surface area contributed by atoms with Crippen molar-refractivity contribution in [2.75, 3.05) is 26.9 Å². The fraction of sp³-hybridized carbons (Fsp3) is 0.993. The van der Waals surface area contributed by atoms with Gasteiger partial charge in [0.1, 0.15) is 0 Å². The Balaban J connectivity index is -0.000000121. The molecule has 0 heterocycles. The number of alkyl halides is 4. The average molecular weight is 2150 g/mol. The molecule has 2 saturated carbocycles. The highest BCUT2D eigenvalue weighted by Gasteiger charge is 2.71. The van der Waals surface area contributed by atoms with Crippen LogP contribution < -0.4 is 16.8 Å². The molecule has 10 unspecified atom stereocenters. The fourth-order valence-corrected chi connectivity index (χ4v) is 17.6. The first-order chi connectivity index (χ1) is 66.8. The molecule has 0 bridgehead atoms. The van der Waals surface area contributed by atoms with Gasteiger partial charge in [-0.2, -0.15) is 0 Å². The van der Waals surface area contributed by atoms with Crippen LogP contribution in [-0.2, 0) is 0 Å². The van der Waals surface area contributed by atoms with Crippen LogP contribution in [0.25, 0.3) is 4.85 Å². The number of nitrogens with zero attached hydrogens (tertiary/aromatic N) is 1. The summed E-state index contributed by atoms with van der Waals surface area (Å²) in [6.45, 7) is 142. The Bertz CT molecular complexity index is 2710. The highest BCUT2D eigenvalue weighted by Crippen LogP contribution is 2.67. The molecule has 2 rings (SSSR count). The van der Waals surface area contributed by atoms with E-state index in [1.165, 1.54) is 64.2 Å². The van der Waals surface area contributed by atoms with Crippen molar-refractivity contribution in [2.24, 2.45) is 206 Å². The molecular formula is C134H290F4N4O7. The zero-order valence-corrected chi connectivity index (χ0v) is 114. The molecule has 2 fully saturated rings. The molecule has 12 N–H and O–H groups in total. The number of aliphatic hydroxyl groups is 7. The summed E-state index contributed by atoms with van der Waals surface area (Å²) >= 11 is 0. The number of halogens is 4. The van der Waals surface area contributed by atoms with Crippen molar-refractivity contribution >= 4 is 0 Å². The van der Waals surface area contributed by atoms with Crippen molar-refractivity contribution in [3.63, 3.8) is 0 Å². The standard InChI is InChI=1S/C11H24O2.C10H18F2.C10H19N.C10H20.2C9H21N.C9H20O2.2C9H20O.C9H20.C8H16F2.C8H19N.C8H18O.C8H18.C7H16/c1-9(2)5-6-11(13,8-12)7-10(3)4;1-7(2)5-9(8(3)4)6-10(9,11)12;1-8(2)7-10(5,11-6)9(3)4;1-8(2)7-10(5-6-10)9(3)4;1-7(2)6-9(10-5)8(3)4;1-7(2)6-9(5,10)8(3)4;1-7(2)5-9(11,6-10)8(3)4;1-7(2)6-9(5,10)8(3)4;1-7(2)5-9(6-10)8(3)4;1-8(2)6-5-7-9(3)4;1-6(2)5-8(9,10)7(3)4;2*1-6(2)5-8(9)7(3)4;1-7(2)5-6-8(3)4;1-6(2)5-7(3)4/h9-10,12-13H,5-8H2,1-4H3;7-8H,5-6H2,1-4H3;8-9H,7H2,1-5H3;8-9H,5-7H2,1-4H3;7-10H,6H2,1-5H3;7-8H,6,10H2,1-5H3;7-8,10-11H,5-6H2,1-4H3;7-8,10H,6H2,1-5H3;7-10H,5-6H2,1-4H3;8-9H,5-7H2,1-4H3;6-7H,5H2,1-4H3;6-8H,5,9H2,1-4H3;6-9H,5H2,1-4H3;7-8H,5-6H2,1-4H3;6-7H,5H2,1-4H3. The van der Waals surface area contributed by atoms with Gasteiger partial charge in [-0.05, 0) is 294 Å². The molecule has 0 aromatic rings. The summed E-state index contributed by atoms with van der Waals surface area (Å²) in [6.07, 6.45) is 24.0. The van der Waals surface area contributed by atoms with Gasteiger partial charge < -0.3 is 57.4 Å². The topological polar surface area (TPSA) is 210 Å². The Kier molecular flexibility index (Phi) is 110. The minimum Gasteiger partial charge on any atom is -0.396 e. The van der Waals surface area contributed by atoms with Crippen LogP contribution in [0, 0.1) is 201 Å². The summed E-state index contributed by atoms with van der Waals surface area (Å²) in [5, 5.41) is 69.2. The summed E-state index contributed by atoms with van der Waals surface area (Å²) in [5.74, 6) is 12.9. The lowest BCUT2D eigenvalue weighted by Crippen LogP contribution is -2.42. The van der Waals surface area contributed by atoms with Crippen LogP contribution >= 0.6 is 0 Å². The number of hydrogen-bond donors (Lipinski definition) is 10. The van der Waals surface area contributed by atoms with Gasteiger partial charge in [0.2, 0.25) is 5.54 Å². The Morgan fingerprint density at radius 3 is 0.819 bits per heavy atom. The lowest BCUT2D eigenvalue weighted by Gasteiger charge is -2.31. The molecule has 2 aliphatic rings. The number of rotatable bonds is 51. The van der Waals surface area contributed by atoms with E-state index >= 15 is 0 Å². The van der Waals surface area contributed by atoms with E-state index in [2.05, 4.69) is 343 Å². The van der Waals surface area contributed by atoms with Gasteiger partial charge in [0, 0.05) is 67.7 Å². The molecule has 0 aromatic heterocycles. The van der Waals surface area contributed by atoms with E-state index in [1.807, 2.05) is 97.1 Å². The second kappa shape index (κ2) is 93.4. The minimum absolute atomic E-state index is 0.00463. The maximum Gasteiger partial charge on any atom is 0.254 e. The van der Waals surface area contributed by atoms with Crippen LogP contribution in [0.4, 0.5) is 17.6 Å². The molecule has 0 radical (unpaired) electrons. The quantitative estimate of drug-likeness (QED) is 0.0206. The Morgan fingerprint density at radius 1 is 0.349 bits per heavy atom. The van der Waals surface area contributed by atoms with Crippen LogP contribution in [0.5, 0.6) is 0 Å². The molecule has 2 aliphatic carbocycles. The lowest BCUT2D eigenvalue weighted by atomic mass is 9.82. The van der Waals surface area contributed by atoms with Gasteiger partial charge >= 0.3 is 0 Å². The predicted octanol–water partition coefficient (Wildman–Crippen LogP) is 40.2. The molecule has 0 aliphatic heterocycles. The van der Waals surface area contributed by atoms with Gasteiger partial charge in [0.05, 0.1) is 36.1 Å². The van der Waals surface area contributed by atoms with Gasteiger partial charge in [-0.15, -0.1) is 0 Å². The predicted molar refractivity (Wildman–Crippen MR) is 666 cm³/mol. The van der Waals surface area contributed by atoms with E-state index < -0.39 is 40.0 Å². The van der Waals surface area contributed by atoms with E-state index in [0.717, 1.165) is 115 Å². The molecular weight excluding hydrogens is 1850 g/mol. The minimum atomic E-state index is -2.48. The molecule has 0 saturated heterocycles. The van der Waals surface area contributed by atoms with Crippen molar-refractivity contribution in [1.82, 2.24) is 5.32 Å². The summed E-state index contributed by atoms with van der Waals surface area (Å²) < 4.78 is 51.7. The summed E-state index contributed by atoms with van der Waals surface area (Å²) in [7, 11) is 2.05. The monoisotopic (exact) mass is 2140 g/mol. The van der Waals surface area contributed by atoms with E-state index in [-0.39, 0.29) is 61.0 Å². The van der Waals surface area contributed by atoms with E-state index in [4.69, 9.17) is 33.4 Å². The Hall–Kier alpha value is -1.19. The van der Waals surface area contributed by atoms with Crippen molar-refractivity contribution in [2.45, 2.75) is 642 Å². The Morgan fingerprint density at radius 2 is 0.698 bits per heavy atom. The van der Waals surface area contributed by atoms with Crippen LogP contribution in [0.3, 0.4) is 0 Å². The molecule has 916 valence electrons. The van der Waals surface area contributed by atoms with Crippen molar-refractivity contribution in [3.8, 4) is 0 Å². The molecule has 15 heteroatoms. The van der Waals surface area contributed by atoms with E-state index in [0.29, 0.717) is 139 Å². The molecule has 10 atom stereocenters. The highest BCUT2D eigenvalue weighted by atomic mass is 19.3. The van der Waals surface area contributed by atoms with Gasteiger partial charge in [0.15, 0.2) is 0 Å². The van der Waals surface area contributed by atoms with Gasteiger partial charge in [0.25, 0.3) is 11.8 Å². The second-order valence-electron chi connectivity index (χ2n) is 59.1. The van der Waals surface area contributed by atoms with Gasteiger partial charge in [-0.3, -0.25) is 0 Å². The van der Waals surface area contributed by atoms with Crippen molar-refractivity contribution in [3.05, 3.63) is 11.4 Å². The summed E-state index contributed by atoms with van der Waals surface area (Å²) in [5.41, 5.74) is 9.65. The van der Waals surface area contributed by atoms with Gasteiger partial charge in [-0.25, -0.2) is 24.1 Å². The molecule has 0 aromatic carbocycles. The zero-order valence-electron chi connectivity index (χ0n) is 114. The van der Waals surface area contributed by atoms with Crippen molar-refractivity contribution in [1.29, 1.82) is 0 Å². The molecule has 11 nitrogen and oxygen atoms in total. The molecule has 0 spiro atoms. The third-order valence-corrected chi connectivity index (χ3v) is 29.2. The largest absolute Gasteiger partial charge is 0.396 e. The third-order valence-electron chi connectivity index (χ3n) is 29.2. The second-order valence-corrected chi connectivity index (χ2v) is 59.1. The summed E-state index contributed by atoms with van der Waals surface area (Å²) in [4.78, 5) is 3.71. The van der Waals surface area contributed by atoms with Crippen LogP contribution in [0.2, 0.25) is 0 Å². The number of nitrogens with one attached hydrogen (secondary N) is 1.